The average Bonchev–Trinajstić information content (AvgIpc) is 2.29. The molecule has 1 aromatic heterocycles. The topological polar surface area (TPSA) is 76.1 Å². The van der Waals surface area contributed by atoms with Gasteiger partial charge in [-0.25, -0.2) is 0 Å². The number of H-pyrrole nitrogens is 2. The maximum absolute atomic E-state index is 10.7. The third kappa shape index (κ3) is 5.99. The third-order valence-electron chi connectivity index (χ3n) is 2.35. The van der Waals surface area contributed by atoms with Crippen molar-refractivity contribution in [3.05, 3.63) is 19.6 Å². The van der Waals surface area contributed by atoms with Crippen LogP contribution in [-0.4, -0.2) is 29.6 Å². The molecular formula is C10H18BrN3O2S. The minimum atomic E-state index is -0.506. The van der Waals surface area contributed by atoms with Crippen LogP contribution in [0.15, 0.2) is 9.27 Å². The molecule has 0 fully saturated rings. The maximum atomic E-state index is 10.7. The fraction of sp³-hybridized carbons (Fsp3) is 0.600. The summed E-state index contributed by atoms with van der Waals surface area (Å²) in [5.74, 6) is -0.506. The Hall–Kier alpha value is -0.660. The minimum Gasteiger partial charge on any atom is -0.859 e. The van der Waals surface area contributed by atoms with E-state index < -0.39 is 11.4 Å². The second-order valence-electron chi connectivity index (χ2n) is 3.36. The predicted octanol–water partition coefficient (Wildman–Crippen LogP) is 0.200. The molecule has 0 bridgehead atoms. The molecule has 1 rings (SSSR count). The standard InChI is InChI=1S/C6H15N.C4H3BrN2O2S/c1-4-7(5-2)6-3;5-1-2(8)6-4(10)7-3(1)9/h4-6H2,1-3H3;(H3,6,7,8,9,10). The quantitative estimate of drug-likeness (QED) is 0.695. The Morgan fingerprint density at radius 3 is 2.00 bits per heavy atom. The second-order valence-corrected chi connectivity index (χ2v) is 4.56. The van der Waals surface area contributed by atoms with Crippen molar-refractivity contribution >= 4 is 28.1 Å². The van der Waals surface area contributed by atoms with E-state index in [4.69, 9.17) is 0 Å². The summed E-state index contributed by atoms with van der Waals surface area (Å²) in [6, 6.07) is 0. The molecule has 98 valence electrons. The Kier molecular flexibility index (Phi) is 8.11. The molecule has 1 heterocycles. The lowest BCUT2D eigenvalue weighted by Gasteiger charge is -2.10. The summed E-state index contributed by atoms with van der Waals surface area (Å²) < 4.78 is -0.0145. The molecule has 0 aromatic carbocycles. The highest BCUT2D eigenvalue weighted by atomic mass is 79.9. The molecule has 0 aliphatic heterocycles. The lowest BCUT2D eigenvalue weighted by Crippen LogP contribution is -3.11. The SMILES string of the molecule is CC[NH+](CC)CC.O=c1[nH]c(=S)[nH]c([O-])c1Br. The van der Waals surface area contributed by atoms with Crippen molar-refractivity contribution in [3.8, 4) is 5.88 Å². The van der Waals surface area contributed by atoms with E-state index in [1.54, 1.807) is 4.90 Å². The van der Waals surface area contributed by atoms with Crippen molar-refractivity contribution in [1.82, 2.24) is 9.97 Å². The lowest BCUT2D eigenvalue weighted by molar-refractivity contribution is -0.894. The van der Waals surface area contributed by atoms with Crippen molar-refractivity contribution in [2.45, 2.75) is 20.8 Å². The number of hydrogen-bond acceptors (Lipinski definition) is 3. The van der Waals surface area contributed by atoms with Gasteiger partial charge in [-0.1, -0.05) is 0 Å². The van der Waals surface area contributed by atoms with Gasteiger partial charge in [0.2, 0.25) is 0 Å². The van der Waals surface area contributed by atoms with Crippen molar-refractivity contribution in [3.63, 3.8) is 0 Å². The molecule has 7 heteroatoms. The van der Waals surface area contributed by atoms with Crippen LogP contribution in [0.1, 0.15) is 20.8 Å². The van der Waals surface area contributed by atoms with Gasteiger partial charge in [-0.2, -0.15) is 0 Å². The number of hydrogen-bond donors (Lipinski definition) is 3. The fourth-order valence-corrected chi connectivity index (χ4v) is 1.58. The molecule has 0 atom stereocenters. The first-order chi connectivity index (χ1) is 7.96. The van der Waals surface area contributed by atoms with Crippen LogP contribution in [0.25, 0.3) is 0 Å². The molecule has 0 amide bonds. The summed E-state index contributed by atoms with van der Waals surface area (Å²) in [7, 11) is 0. The van der Waals surface area contributed by atoms with Gasteiger partial charge in [-0.3, -0.25) is 9.78 Å². The van der Waals surface area contributed by atoms with Crippen LogP contribution in [0.4, 0.5) is 0 Å². The lowest BCUT2D eigenvalue weighted by atomic mass is 10.5. The van der Waals surface area contributed by atoms with E-state index in [1.165, 1.54) is 19.6 Å². The maximum Gasteiger partial charge on any atom is 0.265 e. The zero-order chi connectivity index (χ0) is 13.4. The monoisotopic (exact) mass is 323 g/mol. The van der Waals surface area contributed by atoms with Gasteiger partial charge in [0, 0.05) is 0 Å². The Balaban J connectivity index is 0.000000325. The van der Waals surface area contributed by atoms with Crippen LogP contribution in [0.5, 0.6) is 5.88 Å². The number of nitrogens with one attached hydrogen (secondary N) is 3. The van der Waals surface area contributed by atoms with Crippen LogP contribution in [0, 0.1) is 4.77 Å². The highest BCUT2D eigenvalue weighted by Crippen LogP contribution is 2.09. The van der Waals surface area contributed by atoms with E-state index in [2.05, 4.69) is 58.9 Å². The molecule has 0 spiro atoms. The zero-order valence-corrected chi connectivity index (χ0v) is 12.6. The third-order valence-corrected chi connectivity index (χ3v) is 3.28. The summed E-state index contributed by atoms with van der Waals surface area (Å²) in [6.07, 6.45) is 0. The number of aromatic amines is 2. The summed E-state index contributed by atoms with van der Waals surface area (Å²) in [4.78, 5) is 16.8. The van der Waals surface area contributed by atoms with Crippen molar-refractivity contribution in [2.24, 2.45) is 0 Å². The van der Waals surface area contributed by atoms with Gasteiger partial charge in [-0.15, -0.1) is 0 Å². The fourth-order valence-electron chi connectivity index (χ4n) is 1.20. The van der Waals surface area contributed by atoms with Crippen LogP contribution >= 0.6 is 28.1 Å². The van der Waals surface area contributed by atoms with Gasteiger partial charge in [0.05, 0.1) is 24.1 Å². The van der Waals surface area contributed by atoms with E-state index in [9.17, 15) is 9.90 Å². The molecule has 0 saturated carbocycles. The molecule has 0 saturated heterocycles. The van der Waals surface area contributed by atoms with E-state index in [1.807, 2.05) is 0 Å². The van der Waals surface area contributed by atoms with Gasteiger partial charge in [-0.05, 0) is 54.8 Å². The number of rotatable bonds is 3. The normalized spacial score (nSPS) is 9.94. The summed E-state index contributed by atoms with van der Waals surface area (Å²) in [5, 5.41) is 10.7. The zero-order valence-electron chi connectivity index (χ0n) is 10.2. The molecule has 3 N–H and O–H groups in total. The summed E-state index contributed by atoms with van der Waals surface area (Å²) >= 11 is 7.29. The van der Waals surface area contributed by atoms with E-state index in [0.29, 0.717) is 0 Å². The molecular weight excluding hydrogens is 306 g/mol. The van der Waals surface area contributed by atoms with Crippen molar-refractivity contribution in [1.29, 1.82) is 0 Å². The van der Waals surface area contributed by atoms with Crippen molar-refractivity contribution in [2.75, 3.05) is 19.6 Å². The largest absolute Gasteiger partial charge is 0.859 e. The second kappa shape index (κ2) is 8.43. The number of aromatic nitrogens is 2. The van der Waals surface area contributed by atoms with Gasteiger partial charge in [0.1, 0.15) is 0 Å². The Morgan fingerprint density at radius 1 is 1.24 bits per heavy atom. The average molecular weight is 324 g/mol. The summed E-state index contributed by atoms with van der Waals surface area (Å²) in [5.41, 5.74) is -0.506. The Labute approximate surface area is 114 Å². The number of quaternary nitrogens is 1. The van der Waals surface area contributed by atoms with Gasteiger partial charge >= 0.3 is 0 Å². The van der Waals surface area contributed by atoms with Crippen LogP contribution in [0.2, 0.25) is 0 Å². The molecule has 0 unspecified atom stereocenters. The highest BCUT2D eigenvalue weighted by molar-refractivity contribution is 9.10. The van der Waals surface area contributed by atoms with Gasteiger partial charge < -0.3 is 15.0 Å². The highest BCUT2D eigenvalue weighted by Gasteiger charge is 1.93. The number of halogens is 1. The molecule has 0 aliphatic carbocycles. The molecule has 5 nitrogen and oxygen atoms in total. The smallest absolute Gasteiger partial charge is 0.265 e. The van der Waals surface area contributed by atoms with E-state index >= 15 is 0 Å². The Morgan fingerprint density at radius 2 is 1.71 bits per heavy atom. The minimum absolute atomic E-state index is 0.0400. The van der Waals surface area contributed by atoms with Crippen LogP contribution in [0.3, 0.4) is 0 Å². The molecule has 17 heavy (non-hydrogen) atoms. The van der Waals surface area contributed by atoms with Gasteiger partial charge in [0.25, 0.3) is 5.56 Å². The van der Waals surface area contributed by atoms with Gasteiger partial charge in [0.15, 0.2) is 4.77 Å². The molecule has 1 aromatic rings. The van der Waals surface area contributed by atoms with E-state index in [0.717, 1.165) is 0 Å². The predicted molar refractivity (Wildman–Crippen MR) is 72.0 cm³/mol. The first kappa shape index (κ1) is 16.3. The first-order valence-corrected chi connectivity index (χ1v) is 6.68. The van der Waals surface area contributed by atoms with Crippen molar-refractivity contribution < 1.29 is 10.0 Å². The molecule has 0 aliphatic rings. The van der Waals surface area contributed by atoms with E-state index in [-0.39, 0.29) is 9.24 Å². The molecule has 0 radical (unpaired) electrons. The summed E-state index contributed by atoms with van der Waals surface area (Å²) in [6.45, 7) is 10.5. The first-order valence-electron chi connectivity index (χ1n) is 5.48. The Bertz CT molecular complexity index is 434. The van der Waals surface area contributed by atoms with Crippen LogP contribution in [-0.2, 0) is 0 Å². The van der Waals surface area contributed by atoms with Crippen LogP contribution < -0.4 is 15.6 Å².